The molecule has 0 aliphatic carbocycles. The molecule has 118 valence electrons. The molecule has 0 aromatic heterocycles. The van der Waals surface area contributed by atoms with Crippen molar-refractivity contribution in [1.82, 2.24) is 0 Å². The standard InChI is InChI=1S/C18H15ClINO2/c1-3-23-18-16(20)9-12(10-17(18)22-2)8-14(11-21)13-4-6-15(19)7-5-13/h4-10H,3H2,1-2H3/b14-8+. The summed E-state index contributed by atoms with van der Waals surface area (Å²) in [5, 5.41) is 10.1. The molecule has 0 spiro atoms. The van der Waals surface area contributed by atoms with Crippen LogP contribution in [0.1, 0.15) is 18.1 Å². The van der Waals surface area contributed by atoms with Crippen LogP contribution >= 0.6 is 34.2 Å². The van der Waals surface area contributed by atoms with Gasteiger partial charge in [-0.15, -0.1) is 0 Å². The quantitative estimate of drug-likeness (QED) is 0.355. The van der Waals surface area contributed by atoms with Gasteiger partial charge < -0.3 is 9.47 Å². The van der Waals surface area contributed by atoms with E-state index in [0.29, 0.717) is 23.0 Å². The van der Waals surface area contributed by atoms with E-state index in [0.717, 1.165) is 20.4 Å². The zero-order valence-electron chi connectivity index (χ0n) is 12.8. The zero-order valence-corrected chi connectivity index (χ0v) is 15.7. The fourth-order valence-corrected chi connectivity index (χ4v) is 2.99. The molecule has 2 rings (SSSR count). The van der Waals surface area contributed by atoms with Gasteiger partial charge in [-0.3, -0.25) is 0 Å². The first kappa shape index (κ1) is 17.6. The maximum Gasteiger partial charge on any atom is 0.174 e. The van der Waals surface area contributed by atoms with E-state index in [1.165, 1.54) is 0 Å². The molecule has 2 aromatic carbocycles. The van der Waals surface area contributed by atoms with E-state index in [1.54, 1.807) is 19.2 Å². The molecule has 0 unspecified atom stereocenters. The van der Waals surface area contributed by atoms with Crippen LogP contribution in [0, 0.1) is 14.9 Å². The van der Waals surface area contributed by atoms with Crippen molar-refractivity contribution in [1.29, 1.82) is 5.26 Å². The molecule has 0 saturated heterocycles. The van der Waals surface area contributed by atoms with Gasteiger partial charge in [-0.2, -0.15) is 5.26 Å². The van der Waals surface area contributed by atoms with Crippen LogP contribution in [-0.4, -0.2) is 13.7 Å². The van der Waals surface area contributed by atoms with E-state index in [2.05, 4.69) is 28.7 Å². The van der Waals surface area contributed by atoms with Gasteiger partial charge in [-0.05, 0) is 71.0 Å². The van der Waals surface area contributed by atoms with E-state index in [-0.39, 0.29) is 0 Å². The Kier molecular flexibility index (Phi) is 6.31. The van der Waals surface area contributed by atoms with Crippen molar-refractivity contribution in [3.63, 3.8) is 0 Å². The van der Waals surface area contributed by atoms with Gasteiger partial charge in [-0.25, -0.2) is 0 Å². The summed E-state index contributed by atoms with van der Waals surface area (Å²) in [6, 6.07) is 13.2. The summed E-state index contributed by atoms with van der Waals surface area (Å²) in [5.41, 5.74) is 2.25. The summed E-state index contributed by atoms with van der Waals surface area (Å²) in [6.07, 6.45) is 1.82. The molecule has 0 N–H and O–H groups in total. The molecule has 0 heterocycles. The molecular formula is C18H15ClINO2. The van der Waals surface area contributed by atoms with Gasteiger partial charge in [-0.1, -0.05) is 23.7 Å². The maximum atomic E-state index is 9.44. The first-order chi connectivity index (χ1) is 11.1. The highest BCUT2D eigenvalue weighted by Gasteiger charge is 2.11. The van der Waals surface area contributed by atoms with Crippen LogP contribution in [0.3, 0.4) is 0 Å². The number of benzene rings is 2. The van der Waals surface area contributed by atoms with E-state index in [9.17, 15) is 5.26 Å². The molecule has 0 aliphatic rings. The predicted octanol–water partition coefficient (Wildman–Crippen LogP) is 5.42. The molecule has 5 heteroatoms. The summed E-state index contributed by atoms with van der Waals surface area (Å²) in [5.74, 6) is 1.37. The third-order valence-corrected chi connectivity index (χ3v) is 4.18. The van der Waals surface area contributed by atoms with Gasteiger partial charge >= 0.3 is 0 Å². The summed E-state index contributed by atoms with van der Waals surface area (Å²) in [6.45, 7) is 2.49. The Balaban J connectivity index is 2.46. The lowest BCUT2D eigenvalue weighted by atomic mass is 10.0. The van der Waals surface area contributed by atoms with Crippen molar-refractivity contribution in [3.05, 3.63) is 56.1 Å². The van der Waals surface area contributed by atoms with Crippen LogP contribution in [0.4, 0.5) is 0 Å². The Labute approximate surface area is 154 Å². The third-order valence-electron chi connectivity index (χ3n) is 3.13. The highest BCUT2D eigenvalue weighted by molar-refractivity contribution is 14.1. The number of ether oxygens (including phenoxy) is 2. The lowest BCUT2D eigenvalue weighted by Crippen LogP contribution is -1.98. The SMILES string of the molecule is CCOc1c(I)cc(/C=C(\C#N)c2ccc(Cl)cc2)cc1OC. The van der Waals surface area contributed by atoms with E-state index in [4.69, 9.17) is 21.1 Å². The Morgan fingerprint density at radius 3 is 2.57 bits per heavy atom. The van der Waals surface area contributed by atoms with Gasteiger partial charge in [0, 0.05) is 5.02 Å². The van der Waals surface area contributed by atoms with Crippen molar-refractivity contribution in [2.45, 2.75) is 6.92 Å². The minimum atomic E-state index is 0.559. The number of nitriles is 1. The molecule has 0 saturated carbocycles. The Bertz CT molecular complexity index is 764. The first-order valence-electron chi connectivity index (χ1n) is 6.97. The molecule has 0 radical (unpaired) electrons. The number of rotatable bonds is 5. The predicted molar refractivity (Wildman–Crippen MR) is 102 cm³/mol. The largest absolute Gasteiger partial charge is 0.493 e. The van der Waals surface area contributed by atoms with Gasteiger partial charge in [0.25, 0.3) is 0 Å². The summed E-state index contributed by atoms with van der Waals surface area (Å²) >= 11 is 8.09. The van der Waals surface area contributed by atoms with Crippen molar-refractivity contribution in [2.24, 2.45) is 0 Å². The lowest BCUT2D eigenvalue weighted by Gasteiger charge is -2.12. The van der Waals surface area contributed by atoms with Crippen LogP contribution in [-0.2, 0) is 0 Å². The second-order valence-corrected chi connectivity index (χ2v) is 6.24. The molecule has 2 aromatic rings. The van der Waals surface area contributed by atoms with Crippen molar-refractivity contribution in [3.8, 4) is 17.6 Å². The van der Waals surface area contributed by atoms with Crippen LogP contribution in [0.2, 0.25) is 5.02 Å². The number of methoxy groups -OCH3 is 1. The van der Waals surface area contributed by atoms with E-state index in [1.807, 2.05) is 37.3 Å². The highest BCUT2D eigenvalue weighted by atomic mass is 127. The molecule has 0 amide bonds. The highest BCUT2D eigenvalue weighted by Crippen LogP contribution is 2.35. The first-order valence-corrected chi connectivity index (χ1v) is 8.42. The minimum Gasteiger partial charge on any atom is -0.493 e. The van der Waals surface area contributed by atoms with Crippen molar-refractivity contribution in [2.75, 3.05) is 13.7 Å². The van der Waals surface area contributed by atoms with Gasteiger partial charge in [0.05, 0.1) is 28.9 Å². The second kappa shape index (κ2) is 8.23. The monoisotopic (exact) mass is 439 g/mol. The van der Waals surface area contributed by atoms with Gasteiger partial charge in [0.15, 0.2) is 11.5 Å². The molecule has 0 atom stereocenters. The van der Waals surface area contributed by atoms with E-state index >= 15 is 0 Å². The summed E-state index contributed by atoms with van der Waals surface area (Å²) < 4.78 is 11.9. The average Bonchev–Trinajstić information content (AvgIpc) is 2.55. The second-order valence-electron chi connectivity index (χ2n) is 4.64. The topological polar surface area (TPSA) is 42.2 Å². The van der Waals surface area contributed by atoms with Crippen molar-refractivity contribution < 1.29 is 9.47 Å². The third kappa shape index (κ3) is 4.40. The normalized spacial score (nSPS) is 11.0. The lowest BCUT2D eigenvalue weighted by molar-refractivity contribution is 0.308. The number of hydrogen-bond acceptors (Lipinski definition) is 3. The molecule has 23 heavy (non-hydrogen) atoms. The average molecular weight is 440 g/mol. The van der Waals surface area contributed by atoms with Crippen LogP contribution in [0.15, 0.2) is 36.4 Å². The molecule has 0 fully saturated rings. The smallest absolute Gasteiger partial charge is 0.174 e. The Morgan fingerprint density at radius 2 is 2.00 bits per heavy atom. The fourth-order valence-electron chi connectivity index (χ4n) is 2.08. The number of nitrogens with zero attached hydrogens (tertiary/aromatic N) is 1. The number of halogens is 2. The van der Waals surface area contributed by atoms with E-state index < -0.39 is 0 Å². The summed E-state index contributed by atoms with van der Waals surface area (Å²) in [4.78, 5) is 0. The summed E-state index contributed by atoms with van der Waals surface area (Å²) in [7, 11) is 1.60. The van der Waals surface area contributed by atoms with Crippen LogP contribution in [0.5, 0.6) is 11.5 Å². The molecule has 0 bridgehead atoms. The molecule has 3 nitrogen and oxygen atoms in total. The molecular weight excluding hydrogens is 425 g/mol. The van der Waals surface area contributed by atoms with Gasteiger partial charge in [0.1, 0.15) is 0 Å². The number of hydrogen-bond donors (Lipinski definition) is 0. The Morgan fingerprint density at radius 1 is 1.30 bits per heavy atom. The van der Waals surface area contributed by atoms with Crippen LogP contribution in [0.25, 0.3) is 11.6 Å². The van der Waals surface area contributed by atoms with Crippen molar-refractivity contribution >= 4 is 45.8 Å². The van der Waals surface area contributed by atoms with Crippen LogP contribution < -0.4 is 9.47 Å². The van der Waals surface area contributed by atoms with Gasteiger partial charge in [0.2, 0.25) is 0 Å². The fraction of sp³-hybridized carbons (Fsp3) is 0.167. The number of allylic oxidation sites excluding steroid dienone is 1. The zero-order chi connectivity index (χ0) is 16.8. The molecule has 0 aliphatic heterocycles. The Hall–Kier alpha value is -1.71. The maximum absolute atomic E-state index is 9.44. The minimum absolute atomic E-state index is 0.559.